The first-order valence-electron chi connectivity index (χ1n) is 7.19. The zero-order valence-electron chi connectivity index (χ0n) is 13.2. The van der Waals surface area contributed by atoms with Crippen molar-refractivity contribution in [3.8, 4) is 5.75 Å². The van der Waals surface area contributed by atoms with Gasteiger partial charge in [-0.15, -0.1) is 0 Å². The Hall–Kier alpha value is -1.66. The molecule has 6 heteroatoms. The number of methoxy groups -OCH3 is 1. The summed E-state index contributed by atoms with van der Waals surface area (Å²) in [6, 6.07) is 3.73. The number of hydrogen-bond donors (Lipinski definition) is 2. The maximum atomic E-state index is 11.7. The molecular formula is C15H25N3O3. The van der Waals surface area contributed by atoms with E-state index in [9.17, 15) is 4.79 Å². The molecule has 0 aliphatic heterocycles. The van der Waals surface area contributed by atoms with Crippen LogP contribution >= 0.6 is 0 Å². The molecule has 21 heavy (non-hydrogen) atoms. The first kappa shape index (κ1) is 17.4. The Morgan fingerprint density at radius 2 is 2.19 bits per heavy atom. The van der Waals surface area contributed by atoms with Crippen molar-refractivity contribution in [1.29, 1.82) is 0 Å². The number of hydrogen-bond acceptors (Lipinski definition) is 5. The van der Waals surface area contributed by atoms with E-state index in [0.717, 1.165) is 17.9 Å². The van der Waals surface area contributed by atoms with Crippen LogP contribution in [0.25, 0.3) is 0 Å². The fourth-order valence-corrected chi connectivity index (χ4v) is 1.77. The first-order valence-corrected chi connectivity index (χ1v) is 7.19. The molecule has 0 aliphatic carbocycles. The molecule has 1 aromatic heterocycles. The summed E-state index contributed by atoms with van der Waals surface area (Å²) in [6.07, 6.45) is -0.549. The van der Waals surface area contributed by atoms with Crippen molar-refractivity contribution in [2.75, 3.05) is 26.8 Å². The van der Waals surface area contributed by atoms with Crippen molar-refractivity contribution < 1.29 is 14.3 Å². The minimum Gasteiger partial charge on any atom is -0.479 e. The summed E-state index contributed by atoms with van der Waals surface area (Å²) in [5, 5.41) is 5.97. The Morgan fingerprint density at radius 1 is 1.43 bits per heavy atom. The van der Waals surface area contributed by atoms with Crippen molar-refractivity contribution in [3.63, 3.8) is 0 Å². The van der Waals surface area contributed by atoms with Gasteiger partial charge in [-0.05, 0) is 32.9 Å². The van der Waals surface area contributed by atoms with Crippen LogP contribution in [-0.2, 0) is 16.1 Å². The predicted molar refractivity (Wildman–Crippen MR) is 81.3 cm³/mol. The van der Waals surface area contributed by atoms with E-state index in [1.54, 1.807) is 14.0 Å². The highest BCUT2D eigenvalue weighted by molar-refractivity contribution is 5.80. The third-order valence-electron chi connectivity index (χ3n) is 2.87. The summed E-state index contributed by atoms with van der Waals surface area (Å²) >= 11 is 0. The third kappa shape index (κ3) is 6.10. The highest BCUT2D eigenvalue weighted by Gasteiger charge is 2.16. The molecule has 118 valence electrons. The molecule has 1 aromatic rings. The quantitative estimate of drug-likeness (QED) is 0.666. The van der Waals surface area contributed by atoms with Crippen molar-refractivity contribution in [2.24, 2.45) is 0 Å². The molecular weight excluding hydrogens is 270 g/mol. The lowest BCUT2D eigenvalue weighted by atomic mass is 10.2. The highest BCUT2D eigenvalue weighted by Crippen LogP contribution is 2.18. The monoisotopic (exact) mass is 295 g/mol. The topological polar surface area (TPSA) is 72.5 Å². The molecule has 1 amide bonds. The summed E-state index contributed by atoms with van der Waals surface area (Å²) in [4.78, 5) is 16.2. The molecule has 0 aromatic carbocycles. The Bertz CT molecular complexity index is 452. The summed E-state index contributed by atoms with van der Waals surface area (Å²) in [6.45, 7) is 8.06. The number of nitrogens with one attached hydrogen (secondary N) is 2. The highest BCUT2D eigenvalue weighted by atomic mass is 16.5. The predicted octanol–water partition coefficient (Wildman–Crippen LogP) is 1.03. The maximum absolute atomic E-state index is 11.7. The number of carbonyl (C=O) groups is 1. The van der Waals surface area contributed by atoms with E-state index in [-0.39, 0.29) is 5.91 Å². The van der Waals surface area contributed by atoms with Crippen molar-refractivity contribution in [3.05, 3.63) is 23.5 Å². The lowest BCUT2D eigenvalue weighted by molar-refractivity contribution is -0.127. The molecule has 1 heterocycles. The molecule has 1 atom stereocenters. The second-order valence-corrected chi connectivity index (χ2v) is 4.72. The van der Waals surface area contributed by atoms with Gasteiger partial charge in [0.05, 0.1) is 12.3 Å². The summed E-state index contributed by atoms with van der Waals surface area (Å²) < 4.78 is 10.7. The van der Waals surface area contributed by atoms with Gasteiger partial charge in [0.15, 0.2) is 6.10 Å². The minimum absolute atomic E-state index is 0.128. The number of aromatic nitrogens is 1. The van der Waals surface area contributed by atoms with Crippen LogP contribution in [0.1, 0.15) is 25.2 Å². The molecule has 0 bridgehead atoms. The van der Waals surface area contributed by atoms with Crippen molar-refractivity contribution in [1.82, 2.24) is 15.6 Å². The van der Waals surface area contributed by atoms with Gasteiger partial charge in [0, 0.05) is 32.4 Å². The second kappa shape index (κ2) is 9.31. The Morgan fingerprint density at radius 3 is 2.86 bits per heavy atom. The number of carbonyl (C=O) groups excluding carboxylic acids is 1. The average Bonchev–Trinajstić information content (AvgIpc) is 2.46. The maximum Gasteiger partial charge on any atom is 0.260 e. The standard InChI is InChI=1S/C15H25N3O3/c1-5-17-15(19)12(3)21-14-7-6-11(2)18-13(14)10-16-8-9-20-4/h6-7,12,16H,5,8-10H2,1-4H3,(H,17,19). The largest absolute Gasteiger partial charge is 0.479 e. The SMILES string of the molecule is CCNC(=O)C(C)Oc1ccc(C)nc1CNCCOC. The number of amides is 1. The normalized spacial score (nSPS) is 12.0. The van der Waals surface area contributed by atoms with Gasteiger partial charge in [-0.1, -0.05) is 0 Å². The number of likely N-dealkylation sites (N-methyl/N-ethyl adjacent to an activating group) is 1. The van der Waals surface area contributed by atoms with Gasteiger partial charge < -0.3 is 20.1 Å². The minimum atomic E-state index is -0.549. The average molecular weight is 295 g/mol. The van der Waals surface area contributed by atoms with Crippen LogP contribution in [0.5, 0.6) is 5.75 Å². The number of pyridine rings is 1. The van der Waals surface area contributed by atoms with Gasteiger partial charge in [0.1, 0.15) is 5.75 Å². The Labute approximate surface area is 126 Å². The third-order valence-corrected chi connectivity index (χ3v) is 2.87. The van der Waals surface area contributed by atoms with E-state index >= 15 is 0 Å². The fourth-order valence-electron chi connectivity index (χ4n) is 1.77. The van der Waals surface area contributed by atoms with Crippen molar-refractivity contribution in [2.45, 2.75) is 33.4 Å². The zero-order chi connectivity index (χ0) is 15.7. The number of ether oxygens (including phenoxy) is 2. The molecule has 0 radical (unpaired) electrons. The van der Waals surface area contributed by atoms with Gasteiger partial charge in [0.2, 0.25) is 0 Å². The van der Waals surface area contributed by atoms with E-state index in [1.165, 1.54) is 0 Å². The smallest absolute Gasteiger partial charge is 0.260 e. The zero-order valence-corrected chi connectivity index (χ0v) is 13.2. The van der Waals surface area contributed by atoms with E-state index in [0.29, 0.717) is 25.4 Å². The van der Waals surface area contributed by atoms with Gasteiger partial charge in [-0.2, -0.15) is 0 Å². The van der Waals surface area contributed by atoms with E-state index in [2.05, 4.69) is 15.6 Å². The Kier molecular flexibility index (Phi) is 7.71. The lowest BCUT2D eigenvalue weighted by Crippen LogP contribution is -2.36. The Balaban J connectivity index is 2.69. The van der Waals surface area contributed by atoms with Crippen LogP contribution in [0, 0.1) is 6.92 Å². The summed E-state index contributed by atoms with van der Waals surface area (Å²) in [5.74, 6) is 0.501. The summed E-state index contributed by atoms with van der Waals surface area (Å²) in [7, 11) is 1.66. The number of aryl methyl sites for hydroxylation is 1. The van der Waals surface area contributed by atoms with Crippen LogP contribution in [0.3, 0.4) is 0 Å². The van der Waals surface area contributed by atoms with Crippen molar-refractivity contribution >= 4 is 5.91 Å². The molecule has 0 saturated heterocycles. The molecule has 0 aliphatic rings. The van der Waals surface area contributed by atoms with Crippen LogP contribution in [0.4, 0.5) is 0 Å². The van der Waals surface area contributed by atoms with E-state index in [1.807, 2.05) is 26.0 Å². The molecule has 0 fully saturated rings. The van der Waals surface area contributed by atoms with Crippen LogP contribution in [0.2, 0.25) is 0 Å². The number of nitrogens with zero attached hydrogens (tertiary/aromatic N) is 1. The second-order valence-electron chi connectivity index (χ2n) is 4.72. The fraction of sp³-hybridized carbons (Fsp3) is 0.600. The lowest BCUT2D eigenvalue weighted by Gasteiger charge is -2.17. The van der Waals surface area contributed by atoms with Gasteiger partial charge in [0.25, 0.3) is 5.91 Å². The molecule has 2 N–H and O–H groups in total. The van der Waals surface area contributed by atoms with E-state index < -0.39 is 6.10 Å². The van der Waals surface area contributed by atoms with Gasteiger partial charge in [-0.25, -0.2) is 0 Å². The van der Waals surface area contributed by atoms with Crippen LogP contribution in [-0.4, -0.2) is 43.8 Å². The molecule has 6 nitrogen and oxygen atoms in total. The van der Waals surface area contributed by atoms with E-state index in [4.69, 9.17) is 9.47 Å². The van der Waals surface area contributed by atoms with Crippen LogP contribution < -0.4 is 15.4 Å². The molecule has 1 unspecified atom stereocenters. The molecule has 0 saturated carbocycles. The van der Waals surface area contributed by atoms with Crippen LogP contribution in [0.15, 0.2) is 12.1 Å². The first-order chi connectivity index (χ1) is 10.1. The summed E-state index contributed by atoms with van der Waals surface area (Å²) in [5.41, 5.74) is 1.71. The molecule has 1 rings (SSSR count). The van der Waals surface area contributed by atoms with Gasteiger partial charge in [-0.3, -0.25) is 9.78 Å². The van der Waals surface area contributed by atoms with Gasteiger partial charge >= 0.3 is 0 Å². The number of rotatable bonds is 9. The molecule has 0 spiro atoms.